The number of carbonyl (C=O) groups is 1. The maximum atomic E-state index is 10.6. The second kappa shape index (κ2) is 4.39. The van der Waals surface area contributed by atoms with Crippen molar-refractivity contribution >= 4 is 17.2 Å². The number of aryl methyl sites for hydroxylation is 1. The summed E-state index contributed by atoms with van der Waals surface area (Å²) in [7, 11) is 0. The minimum atomic E-state index is -0.348. The van der Waals surface area contributed by atoms with Gasteiger partial charge in [-0.3, -0.25) is 4.79 Å². The van der Waals surface area contributed by atoms with Gasteiger partial charge in [0.2, 0.25) is 5.91 Å². The maximum absolute atomic E-state index is 10.6. The van der Waals surface area contributed by atoms with Crippen LogP contribution in [-0.2, 0) is 11.2 Å². The minimum absolute atomic E-state index is 0.226. The number of amides is 1. The molecule has 0 radical (unpaired) electrons. The molecule has 0 saturated carbocycles. The molecule has 0 aromatic carbocycles. The van der Waals surface area contributed by atoms with Crippen molar-refractivity contribution in [1.82, 2.24) is 0 Å². The highest BCUT2D eigenvalue weighted by Crippen LogP contribution is 2.23. The fraction of sp³-hybridized carbons (Fsp3) is 0.444. The van der Waals surface area contributed by atoms with Crippen LogP contribution in [0.1, 0.15) is 29.1 Å². The Morgan fingerprint density at radius 3 is 2.77 bits per heavy atom. The predicted octanol–water partition coefficient (Wildman–Crippen LogP) is 1.19. The maximum Gasteiger partial charge on any atom is 0.219 e. The van der Waals surface area contributed by atoms with Gasteiger partial charge in [-0.05, 0) is 18.6 Å². The third kappa shape index (κ3) is 2.82. The second-order valence-corrected chi connectivity index (χ2v) is 4.13. The first kappa shape index (κ1) is 10.2. The van der Waals surface area contributed by atoms with E-state index >= 15 is 0 Å². The van der Waals surface area contributed by atoms with E-state index in [1.807, 2.05) is 12.1 Å². The lowest BCUT2D eigenvalue weighted by Gasteiger charge is -2.05. The Morgan fingerprint density at radius 2 is 2.31 bits per heavy atom. The fourth-order valence-corrected chi connectivity index (χ4v) is 2.06. The van der Waals surface area contributed by atoms with Crippen LogP contribution in [-0.4, -0.2) is 5.91 Å². The molecule has 0 saturated heterocycles. The van der Waals surface area contributed by atoms with Crippen LogP contribution in [0.3, 0.4) is 0 Å². The van der Waals surface area contributed by atoms with Crippen molar-refractivity contribution in [1.29, 1.82) is 0 Å². The summed E-state index contributed by atoms with van der Waals surface area (Å²) >= 11 is 1.65. The average Bonchev–Trinajstić information content (AvgIpc) is 2.50. The van der Waals surface area contributed by atoms with Crippen molar-refractivity contribution in [2.75, 3.05) is 0 Å². The van der Waals surface area contributed by atoms with Gasteiger partial charge >= 0.3 is 0 Å². The second-order valence-electron chi connectivity index (χ2n) is 2.93. The molecule has 0 fully saturated rings. The Labute approximate surface area is 81.7 Å². The van der Waals surface area contributed by atoms with Crippen LogP contribution < -0.4 is 11.5 Å². The Kier molecular flexibility index (Phi) is 3.45. The quantitative estimate of drug-likeness (QED) is 0.763. The van der Waals surface area contributed by atoms with Gasteiger partial charge in [0.05, 0.1) is 0 Å². The summed E-state index contributed by atoms with van der Waals surface area (Å²) in [5.74, 6) is -0.348. The molecule has 0 spiro atoms. The topological polar surface area (TPSA) is 69.1 Å². The predicted molar refractivity (Wildman–Crippen MR) is 54.4 cm³/mol. The molecule has 1 amide bonds. The lowest BCUT2D eigenvalue weighted by Crippen LogP contribution is -2.19. The molecule has 1 rings (SSSR count). The molecule has 0 aliphatic rings. The molecule has 72 valence electrons. The number of primary amides is 1. The SMILES string of the molecule is CCc1ccc([C@H](N)CC(N)=O)s1. The van der Waals surface area contributed by atoms with Crippen molar-refractivity contribution in [2.45, 2.75) is 25.8 Å². The molecular formula is C9H14N2OS. The van der Waals surface area contributed by atoms with Crippen molar-refractivity contribution in [3.63, 3.8) is 0 Å². The molecule has 0 aliphatic heterocycles. The summed E-state index contributed by atoms with van der Waals surface area (Å²) in [5, 5.41) is 0. The Hall–Kier alpha value is -0.870. The van der Waals surface area contributed by atoms with Crippen molar-refractivity contribution in [3.8, 4) is 0 Å². The molecule has 1 aromatic heterocycles. The number of rotatable bonds is 4. The summed E-state index contributed by atoms with van der Waals surface area (Å²) in [4.78, 5) is 12.9. The molecule has 1 heterocycles. The van der Waals surface area contributed by atoms with Crippen LogP contribution >= 0.6 is 11.3 Å². The lowest BCUT2D eigenvalue weighted by molar-refractivity contribution is -0.118. The molecule has 4 N–H and O–H groups in total. The first-order valence-corrected chi connectivity index (χ1v) is 5.07. The van der Waals surface area contributed by atoms with Crippen LogP contribution in [0.5, 0.6) is 0 Å². The van der Waals surface area contributed by atoms with Crippen LogP contribution in [0.4, 0.5) is 0 Å². The molecule has 0 unspecified atom stereocenters. The molecule has 1 aromatic rings. The monoisotopic (exact) mass is 198 g/mol. The van der Waals surface area contributed by atoms with E-state index in [2.05, 4.69) is 6.92 Å². The van der Waals surface area contributed by atoms with E-state index in [-0.39, 0.29) is 18.4 Å². The van der Waals surface area contributed by atoms with Crippen molar-refractivity contribution in [2.24, 2.45) is 11.5 Å². The van der Waals surface area contributed by atoms with E-state index in [0.717, 1.165) is 11.3 Å². The molecule has 3 nitrogen and oxygen atoms in total. The Bertz CT molecular complexity index is 296. The Balaban J connectivity index is 2.65. The molecular weight excluding hydrogens is 184 g/mol. The van der Waals surface area contributed by atoms with Gasteiger partial charge in [-0.2, -0.15) is 0 Å². The lowest BCUT2D eigenvalue weighted by atomic mass is 10.2. The fourth-order valence-electron chi connectivity index (χ4n) is 1.10. The van der Waals surface area contributed by atoms with Gasteiger partial charge in [-0.1, -0.05) is 6.92 Å². The zero-order chi connectivity index (χ0) is 9.84. The number of hydrogen-bond donors (Lipinski definition) is 2. The molecule has 13 heavy (non-hydrogen) atoms. The van der Waals surface area contributed by atoms with Crippen LogP contribution in [0.25, 0.3) is 0 Å². The molecule has 0 aliphatic carbocycles. The zero-order valence-corrected chi connectivity index (χ0v) is 8.43. The number of nitrogens with two attached hydrogens (primary N) is 2. The van der Waals surface area contributed by atoms with E-state index in [4.69, 9.17) is 11.5 Å². The van der Waals surface area contributed by atoms with Gasteiger partial charge in [0.15, 0.2) is 0 Å². The van der Waals surface area contributed by atoms with Gasteiger partial charge in [-0.15, -0.1) is 11.3 Å². The third-order valence-electron chi connectivity index (χ3n) is 1.82. The highest BCUT2D eigenvalue weighted by molar-refractivity contribution is 7.12. The van der Waals surface area contributed by atoms with E-state index in [9.17, 15) is 4.79 Å². The van der Waals surface area contributed by atoms with Gasteiger partial charge < -0.3 is 11.5 Å². The normalized spacial score (nSPS) is 12.8. The summed E-state index contributed by atoms with van der Waals surface area (Å²) < 4.78 is 0. The first-order valence-electron chi connectivity index (χ1n) is 4.26. The van der Waals surface area contributed by atoms with Gasteiger partial charge in [-0.25, -0.2) is 0 Å². The van der Waals surface area contributed by atoms with Crippen LogP contribution in [0, 0.1) is 0 Å². The van der Waals surface area contributed by atoms with Crippen LogP contribution in [0.2, 0.25) is 0 Å². The van der Waals surface area contributed by atoms with Gasteiger partial charge in [0, 0.05) is 22.2 Å². The number of carbonyl (C=O) groups excluding carboxylic acids is 1. The number of thiophene rings is 1. The smallest absolute Gasteiger partial charge is 0.219 e. The summed E-state index contributed by atoms with van der Waals surface area (Å²) in [6.45, 7) is 2.09. The van der Waals surface area contributed by atoms with Gasteiger partial charge in [0.25, 0.3) is 0 Å². The molecule has 4 heteroatoms. The minimum Gasteiger partial charge on any atom is -0.370 e. The van der Waals surface area contributed by atoms with E-state index < -0.39 is 0 Å². The van der Waals surface area contributed by atoms with E-state index in [1.54, 1.807) is 11.3 Å². The van der Waals surface area contributed by atoms with Crippen molar-refractivity contribution in [3.05, 3.63) is 21.9 Å². The standard InChI is InChI=1S/C9H14N2OS/c1-2-6-3-4-8(13-6)7(10)5-9(11)12/h3-4,7H,2,5,10H2,1H3,(H2,11,12)/t7-/m1/s1. The highest BCUT2D eigenvalue weighted by Gasteiger charge is 2.10. The van der Waals surface area contributed by atoms with Gasteiger partial charge in [0.1, 0.15) is 0 Å². The van der Waals surface area contributed by atoms with E-state index in [0.29, 0.717) is 0 Å². The Morgan fingerprint density at radius 1 is 1.62 bits per heavy atom. The molecule has 0 bridgehead atoms. The summed E-state index contributed by atoms with van der Waals surface area (Å²) in [5.41, 5.74) is 10.8. The molecule has 1 atom stereocenters. The summed E-state index contributed by atoms with van der Waals surface area (Å²) in [6, 6.07) is 3.78. The summed E-state index contributed by atoms with van der Waals surface area (Å²) in [6.07, 6.45) is 1.23. The first-order chi connectivity index (χ1) is 6.13. The van der Waals surface area contributed by atoms with Crippen molar-refractivity contribution < 1.29 is 4.79 Å². The number of hydrogen-bond acceptors (Lipinski definition) is 3. The average molecular weight is 198 g/mol. The van der Waals surface area contributed by atoms with E-state index in [1.165, 1.54) is 4.88 Å². The van der Waals surface area contributed by atoms with Crippen LogP contribution in [0.15, 0.2) is 12.1 Å². The third-order valence-corrected chi connectivity index (χ3v) is 3.18. The highest BCUT2D eigenvalue weighted by atomic mass is 32.1. The largest absolute Gasteiger partial charge is 0.370 e. The zero-order valence-electron chi connectivity index (χ0n) is 7.62.